The van der Waals surface area contributed by atoms with Crippen LogP contribution in [-0.4, -0.2) is 18.9 Å². The van der Waals surface area contributed by atoms with Crippen LogP contribution in [0.3, 0.4) is 0 Å². The molecule has 1 aliphatic heterocycles. The fraction of sp³-hybridized carbons (Fsp3) is 0.533. The highest BCUT2D eigenvalue weighted by Crippen LogP contribution is 2.15. The van der Waals surface area contributed by atoms with Gasteiger partial charge in [0.15, 0.2) is 0 Å². The molecular weight excluding hydrogens is 210 g/mol. The van der Waals surface area contributed by atoms with Crippen LogP contribution in [0, 0.1) is 12.8 Å². The monoisotopic (exact) mass is 231 g/mol. The lowest BCUT2D eigenvalue weighted by atomic mass is 9.98. The topological polar surface area (TPSA) is 29.1 Å². The van der Waals surface area contributed by atoms with Crippen molar-refractivity contribution in [3.8, 4) is 0 Å². The Morgan fingerprint density at radius 1 is 1.35 bits per heavy atom. The van der Waals surface area contributed by atoms with Crippen molar-refractivity contribution in [2.75, 3.05) is 13.1 Å². The van der Waals surface area contributed by atoms with Crippen molar-refractivity contribution in [3.63, 3.8) is 0 Å². The van der Waals surface area contributed by atoms with Crippen molar-refractivity contribution >= 4 is 5.78 Å². The summed E-state index contributed by atoms with van der Waals surface area (Å²) in [7, 11) is 0. The lowest BCUT2D eigenvalue weighted by Crippen LogP contribution is -2.11. The van der Waals surface area contributed by atoms with Crippen LogP contribution < -0.4 is 5.32 Å². The minimum absolute atomic E-state index is 0.376. The van der Waals surface area contributed by atoms with Gasteiger partial charge in [0.2, 0.25) is 0 Å². The van der Waals surface area contributed by atoms with Crippen LogP contribution in [0.2, 0.25) is 0 Å². The third-order valence-electron chi connectivity index (χ3n) is 3.52. The number of hydrogen-bond acceptors (Lipinski definition) is 2. The predicted octanol–water partition coefficient (Wildman–Crippen LogP) is 2.50. The molecule has 2 heteroatoms. The fourth-order valence-corrected chi connectivity index (χ4v) is 2.35. The molecule has 17 heavy (non-hydrogen) atoms. The Bertz CT molecular complexity index is 363. The van der Waals surface area contributed by atoms with Crippen molar-refractivity contribution in [1.29, 1.82) is 0 Å². The van der Waals surface area contributed by atoms with Crippen LogP contribution in [0.5, 0.6) is 0 Å². The summed E-state index contributed by atoms with van der Waals surface area (Å²) in [6, 6.07) is 8.27. The Balaban J connectivity index is 1.74. The van der Waals surface area contributed by atoms with Gasteiger partial charge in [-0.2, -0.15) is 0 Å². The van der Waals surface area contributed by atoms with Crippen LogP contribution in [0.25, 0.3) is 0 Å². The van der Waals surface area contributed by atoms with E-state index in [1.165, 1.54) is 12.0 Å². The van der Waals surface area contributed by atoms with Gasteiger partial charge in [0.05, 0.1) is 0 Å². The lowest BCUT2D eigenvalue weighted by Gasteiger charge is -2.07. The molecule has 2 rings (SSSR count). The van der Waals surface area contributed by atoms with E-state index >= 15 is 0 Å². The summed E-state index contributed by atoms with van der Waals surface area (Å²) < 4.78 is 0. The highest BCUT2D eigenvalue weighted by atomic mass is 16.1. The Kier molecular flexibility index (Phi) is 4.32. The maximum absolute atomic E-state index is 11.8. The van der Waals surface area contributed by atoms with Crippen LogP contribution >= 0.6 is 0 Å². The van der Waals surface area contributed by atoms with Crippen LogP contribution in [0.1, 0.15) is 30.4 Å². The highest BCUT2D eigenvalue weighted by Gasteiger charge is 2.15. The molecule has 1 N–H and O–H groups in total. The zero-order valence-electron chi connectivity index (χ0n) is 10.5. The molecule has 2 nitrogen and oxygen atoms in total. The number of carbonyl (C=O) groups is 1. The zero-order valence-corrected chi connectivity index (χ0v) is 10.5. The average Bonchev–Trinajstić information content (AvgIpc) is 2.83. The Morgan fingerprint density at radius 2 is 2.12 bits per heavy atom. The van der Waals surface area contributed by atoms with E-state index in [0.717, 1.165) is 37.4 Å². The second-order valence-corrected chi connectivity index (χ2v) is 5.10. The predicted molar refractivity (Wildman–Crippen MR) is 70.1 cm³/mol. The van der Waals surface area contributed by atoms with Crippen LogP contribution in [0.15, 0.2) is 24.3 Å². The van der Waals surface area contributed by atoms with Gasteiger partial charge in [-0.3, -0.25) is 4.79 Å². The second kappa shape index (κ2) is 5.97. The fourth-order valence-electron chi connectivity index (χ4n) is 2.35. The molecule has 0 radical (unpaired) electrons. The van der Waals surface area contributed by atoms with Crippen LogP contribution in [-0.2, 0) is 11.2 Å². The van der Waals surface area contributed by atoms with Gasteiger partial charge in [-0.1, -0.05) is 29.8 Å². The number of nitrogens with one attached hydrogen (secondary N) is 1. The van der Waals surface area contributed by atoms with E-state index in [1.807, 2.05) is 0 Å². The molecule has 1 atom stereocenters. The van der Waals surface area contributed by atoms with Gasteiger partial charge >= 0.3 is 0 Å². The molecule has 0 bridgehead atoms. The summed E-state index contributed by atoms with van der Waals surface area (Å²) in [5.41, 5.74) is 2.39. The summed E-state index contributed by atoms with van der Waals surface area (Å²) >= 11 is 0. The molecule has 1 aliphatic rings. The van der Waals surface area contributed by atoms with Crippen molar-refractivity contribution < 1.29 is 4.79 Å². The Labute approximate surface area is 103 Å². The number of rotatable bonds is 5. The molecule has 1 saturated heterocycles. The van der Waals surface area contributed by atoms with Crippen LogP contribution in [0.4, 0.5) is 0 Å². The Morgan fingerprint density at radius 3 is 2.76 bits per heavy atom. The summed E-state index contributed by atoms with van der Waals surface area (Å²) in [4.78, 5) is 11.8. The smallest absolute Gasteiger partial charge is 0.137 e. The molecule has 1 aromatic rings. The summed E-state index contributed by atoms with van der Waals surface area (Å²) in [6.07, 6.45) is 3.62. The van der Waals surface area contributed by atoms with Gasteiger partial charge in [0.1, 0.15) is 5.78 Å². The average molecular weight is 231 g/mol. The van der Waals surface area contributed by atoms with Gasteiger partial charge in [0, 0.05) is 12.8 Å². The van der Waals surface area contributed by atoms with E-state index in [0.29, 0.717) is 12.2 Å². The zero-order chi connectivity index (χ0) is 12.1. The first-order chi connectivity index (χ1) is 8.24. The third-order valence-corrected chi connectivity index (χ3v) is 3.52. The van der Waals surface area contributed by atoms with E-state index in [9.17, 15) is 4.79 Å². The third kappa shape index (κ3) is 3.97. The molecule has 1 fully saturated rings. The minimum atomic E-state index is 0.376. The standard InChI is InChI=1S/C15H21NO/c1-12-2-4-13(5-3-12)10-15(17)7-6-14-8-9-16-11-14/h2-5,14,16H,6-11H2,1H3. The van der Waals surface area contributed by atoms with E-state index in [1.54, 1.807) is 0 Å². The first-order valence-electron chi connectivity index (χ1n) is 6.52. The SMILES string of the molecule is Cc1ccc(CC(=O)CCC2CCNC2)cc1. The minimum Gasteiger partial charge on any atom is -0.316 e. The quantitative estimate of drug-likeness (QED) is 0.843. The molecule has 0 aromatic heterocycles. The number of Topliss-reactive ketones (excluding diaryl/α,β-unsaturated/α-hetero) is 1. The van der Waals surface area contributed by atoms with E-state index in [2.05, 4.69) is 36.5 Å². The molecule has 92 valence electrons. The molecule has 1 aromatic carbocycles. The number of hydrogen-bond donors (Lipinski definition) is 1. The van der Waals surface area contributed by atoms with E-state index in [4.69, 9.17) is 0 Å². The summed E-state index contributed by atoms with van der Waals surface area (Å²) in [5.74, 6) is 1.10. The first kappa shape index (κ1) is 12.3. The molecule has 1 unspecified atom stereocenters. The number of benzene rings is 1. The van der Waals surface area contributed by atoms with Crippen molar-refractivity contribution in [3.05, 3.63) is 35.4 Å². The van der Waals surface area contributed by atoms with Gasteiger partial charge in [-0.25, -0.2) is 0 Å². The van der Waals surface area contributed by atoms with Gasteiger partial charge in [0.25, 0.3) is 0 Å². The largest absolute Gasteiger partial charge is 0.316 e. The van der Waals surface area contributed by atoms with Gasteiger partial charge in [-0.05, 0) is 44.3 Å². The molecule has 0 saturated carbocycles. The van der Waals surface area contributed by atoms with Crippen molar-refractivity contribution in [2.45, 2.75) is 32.6 Å². The number of carbonyl (C=O) groups excluding carboxylic acids is 1. The molecule has 0 amide bonds. The van der Waals surface area contributed by atoms with Gasteiger partial charge < -0.3 is 5.32 Å². The molecular formula is C15H21NO. The van der Waals surface area contributed by atoms with Crippen molar-refractivity contribution in [2.24, 2.45) is 5.92 Å². The maximum Gasteiger partial charge on any atom is 0.137 e. The van der Waals surface area contributed by atoms with Crippen molar-refractivity contribution in [1.82, 2.24) is 5.32 Å². The first-order valence-corrected chi connectivity index (χ1v) is 6.52. The number of aryl methyl sites for hydroxylation is 1. The highest BCUT2D eigenvalue weighted by molar-refractivity contribution is 5.80. The Hall–Kier alpha value is -1.15. The summed E-state index contributed by atoms with van der Waals surface area (Å²) in [6.45, 7) is 4.29. The second-order valence-electron chi connectivity index (χ2n) is 5.10. The van der Waals surface area contributed by atoms with E-state index < -0.39 is 0 Å². The normalized spacial score (nSPS) is 19.5. The summed E-state index contributed by atoms with van der Waals surface area (Å²) in [5, 5.41) is 3.34. The lowest BCUT2D eigenvalue weighted by molar-refractivity contribution is -0.118. The molecule has 0 aliphatic carbocycles. The maximum atomic E-state index is 11.8. The number of ketones is 1. The molecule has 1 heterocycles. The molecule has 0 spiro atoms. The van der Waals surface area contributed by atoms with Gasteiger partial charge in [-0.15, -0.1) is 0 Å². The van der Waals surface area contributed by atoms with E-state index in [-0.39, 0.29) is 0 Å².